The second-order valence-electron chi connectivity index (χ2n) is 5.45. The van der Waals surface area contributed by atoms with E-state index in [0.29, 0.717) is 6.54 Å². The Hall–Kier alpha value is -1.75. The summed E-state index contributed by atoms with van der Waals surface area (Å²) in [6.07, 6.45) is 2.06. The van der Waals surface area contributed by atoms with Gasteiger partial charge in [0.25, 0.3) is 0 Å². The number of rotatable bonds is 7. The van der Waals surface area contributed by atoms with Crippen molar-refractivity contribution in [2.75, 3.05) is 6.79 Å². The van der Waals surface area contributed by atoms with Gasteiger partial charge in [-0.2, -0.15) is 0 Å². The monoisotopic (exact) mass is 292 g/mol. The van der Waals surface area contributed by atoms with Crippen LogP contribution in [0, 0.1) is 0 Å². The van der Waals surface area contributed by atoms with Crippen LogP contribution in [-0.4, -0.2) is 24.8 Å². The van der Waals surface area contributed by atoms with Gasteiger partial charge in [0.2, 0.25) is 12.7 Å². The van der Waals surface area contributed by atoms with Gasteiger partial charge in [-0.05, 0) is 26.3 Å². The van der Waals surface area contributed by atoms with Gasteiger partial charge in [0, 0.05) is 18.2 Å². The summed E-state index contributed by atoms with van der Waals surface area (Å²) in [7, 11) is 0. The number of hydrogen-bond acceptors (Lipinski definition) is 4. The van der Waals surface area contributed by atoms with Crippen LogP contribution in [0.4, 0.5) is 0 Å². The maximum absolute atomic E-state index is 12.1. The maximum Gasteiger partial charge on any atom is 0.237 e. The molecule has 0 saturated heterocycles. The fraction of sp³-hybridized carbons (Fsp3) is 0.562. The fourth-order valence-corrected chi connectivity index (χ4v) is 2.36. The van der Waals surface area contributed by atoms with Crippen LogP contribution < -0.4 is 20.1 Å². The van der Waals surface area contributed by atoms with Crippen LogP contribution in [0.15, 0.2) is 18.2 Å². The molecule has 116 valence electrons. The van der Waals surface area contributed by atoms with Gasteiger partial charge in [0.1, 0.15) is 0 Å². The average molecular weight is 292 g/mol. The molecule has 1 amide bonds. The Balaban J connectivity index is 1.85. The van der Waals surface area contributed by atoms with Crippen LogP contribution in [0.3, 0.4) is 0 Å². The molecule has 0 spiro atoms. The van der Waals surface area contributed by atoms with E-state index in [9.17, 15) is 4.79 Å². The normalized spacial score (nSPS) is 15.6. The van der Waals surface area contributed by atoms with Crippen LogP contribution in [-0.2, 0) is 11.3 Å². The van der Waals surface area contributed by atoms with Crippen LogP contribution in [0.25, 0.3) is 0 Å². The summed E-state index contributed by atoms with van der Waals surface area (Å²) >= 11 is 0. The van der Waals surface area contributed by atoms with E-state index >= 15 is 0 Å². The standard InChI is InChI=1S/C16H24N2O3/c1-4-6-11(2)18-16(19)12(3)17-9-13-7-5-8-14-15(13)21-10-20-14/h5,7-8,11-12,17H,4,6,9-10H2,1-3H3,(H,18,19). The molecule has 5 nitrogen and oxygen atoms in total. The van der Waals surface area contributed by atoms with Gasteiger partial charge in [-0.3, -0.25) is 4.79 Å². The van der Waals surface area contributed by atoms with Crippen LogP contribution in [0.5, 0.6) is 11.5 Å². The first-order valence-corrected chi connectivity index (χ1v) is 7.53. The molecule has 0 fully saturated rings. The van der Waals surface area contributed by atoms with Gasteiger partial charge in [-0.15, -0.1) is 0 Å². The van der Waals surface area contributed by atoms with Crippen molar-refractivity contribution in [3.05, 3.63) is 23.8 Å². The van der Waals surface area contributed by atoms with Gasteiger partial charge in [-0.1, -0.05) is 25.5 Å². The molecule has 2 atom stereocenters. The lowest BCUT2D eigenvalue weighted by Gasteiger charge is -2.18. The SMILES string of the molecule is CCCC(C)NC(=O)C(C)NCc1cccc2c1OCO2. The first-order chi connectivity index (χ1) is 10.1. The van der Waals surface area contributed by atoms with Gasteiger partial charge in [0.15, 0.2) is 11.5 Å². The van der Waals surface area contributed by atoms with E-state index in [1.165, 1.54) is 0 Å². The fourth-order valence-electron chi connectivity index (χ4n) is 2.36. The highest BCUT2D eigenvalue weighted by molar-refractivity contribution is 5.81. The van der Waals surface area contributed by atoms with Crippen molar-refractivity contribution in [3.63, 3.8) is 0 Å². The van der Waals surface area contributed by atoms with Gasteiger partial charge in [0.05, 0.1) is 6.04 Å². The molecular formula is C16H24N2O3. The number of fused-ring (bicyclic) bond motifs is 1. The molecule has 1 aliphatic rings. The maximum atomic E-state index is 12.1. The lowest BCUT2D eigenvalue weighted by Crippen LogP contribution is -2.45. The highest BCUT2D eigenvalue weighted by atomic mass is 16.7. The van der Waals surface area contributed by atoms with Gasteiger partial charge < -0.3 is 20.1 Å². The zero-order chi connectivity index (χ0) is 15.2. The number of nitrogens with one attached hydrogen (secondary N) is 2. The Labute approximate surface area is 126 Å². The molecule has 2 N–H and O–H groups in total. The average Bonchev–Trinajstić information content (AvgIpc) is 2.93. The van der Waals surface area contributed by atoms with E-state index in [0.717, 1.165) is 29.9 Å². The molecule has 1 aromatic carbocycles. The van der Waals surface area contributed by atoms with E-state index in [1.54, 1.807) is 0 Å². The molecule has 0 aliphatic carbocycles. The molecule has 0 aromatic heterocycles. The summed E-state index contributed by atoms with van der Waals surface area (Å²) < 4.78 is 10.8. The summed E-state index contributed by atoms with van der Waals surface area (Å²) in [5.74, 6) is 1.57. The van der Waals surface area contributed by atoms with Crippen molar-refractivity contribution >= 4 is 5.91 Å². The lowest BCUT2D eigenvalue weighted by atomic mass is 10.1. The van der Waals surface area contributed by atoms with Crippen molar-refractivity contribution in [2.45, 2.75) is 52.2 Å². The van der Waals surface area contributed by atoms with E-state index in [2.05, 4.69) is 17.6 Å². The van der Waals surface area contributed by atoms with Crippen molar-refractivity contribution in [2.24, 2.45) is 0 Å². The third-order valence-corrected chi connectivity index (χ3v) is 3.58. The third-order valence-electron chi connectivity index (χ3n) is 3.58. The van der Waals surface area contributed by atoms with Crippen LogP contribution >= 0.6 is 0 Å². The Bertz CT molecular complexity index is 490. The minimum Gasteiger partial charge on any atom is -0.454 e. The van der Waals surface area contributed by atoms with E-state index in [1.807, 2.05) is 32.0 Å². The van der Waals surface area contributed by atoms with Crippen molar-refractivity contribution in [1.29, 1.82) is 0 Å². The second kappa shape index (κ2) is 7.31. The minimum absolute atomic E-state index is 0.0284. The number of carbonyl (C=O) groups is 1. The summed E-state index contributed by atoms with van der Waals surface area (Å²) in [5.41, 5.74) is 1.01. The Kier molecular flexibility index (Phi) is 5.44. The predicted octanol–water partition coefficient (Wildman–Crippen LogP) is 2.20. The van der Waals surface area contributed by atoms with E-state index in [4.69, 9.17) is 9.47 Å². The number of amides is 1. The Morgan fingerprint density at radius 2 is 2.14 bits per heavy atom. The highest BCUT2D eigenvalue weighted by Gasteiger charge is 2.19. The highest BCUT2D eigenvalue weighted by Crippen LogP contribution is 2.35. The minimum atomic E-state index is -0.248. The smallest absolute Gasteiger partial charge is 0.237 e. The van der Waals surface area contributed by atoms with E-state index < -0.39 is 0 Å². The first kappa shape index (κ1) is 15.6. The van der Waals surface area contributed by atoms with Crippen molar-refractivity contribution in [3.8, 4) is 11.5 Å². The summed E-state index contributed by atoms with van der Waals surface area (Å²) in [6, 6.07) is 5.75. The molecule has 21 heavy (non-hydrogen) atoms. The zero-order valence-electron chi connectivity index (χ0n) is 12.9. The molecule has 1 aliphatic heterocycles. The largest absolute Gasteiger partial charge is 0.454 e. The predicted molar refractivity (Wildman–Crippen MR) is 81.4 cm³/mol. The quantitative estimate of drug-likeness (QED) is 0.809. The molecule has 1 heterocycles. The van der Waals surface area contributed by atoms with Gasteiger partial charge in [-0.25, -0.2) is 0 Å². The molecule has 0 saturated carbocycles. The lowest BCUT2D eigenvalue weighted by molar-refractivity contribution is -0.123. The Morgan fingerprint density at radius 1 is 1.33 bits per heavy atom. The topological polar surface area (TPSA) is 59.6 Å². The van der Waals surface area contributed by atoms with Crippen molar-refractivity contribution in [1.82, 2.24) is 10.6 Å². The molecule has 2 rings (SSSR count). The summed E-state index contributed by atoms with van der Waals surface area (Å²) in [4.78, 5) is 12.1. The zero-order valence-corrected chi connectivity index (χ0v) is 12.9. The summed E-state index contributed by atoms with van der Waals surface area (Å²) in [5, 5.41) is 6.24. The number of para-hydroxylation sites is 1. The van der Waals surface area contributed by atoms with Crippen molar-refractivity contribution < 1.29 is 14.3 Å². The Morgan fingerprint density at radius 3 is 2.90 bits per heavy atom. The van der Waals surface area contributed by atoms with Crippen LogP contribution in [0.1, 0.15) is 39.2 Å². The number of carbonyl (C=O) groups excluding carboxylic acids is 1. The molecule has 1 aromatic rings. The van der Waals surface area contributed by atoms with Crippen LogP contribution in [0.2, 0.25) is 0 Å². The summed E-state index contributed by atoms with van der Waals surface area (Å²) in [6.45, 7) is 6.85. The molecule has 0 bridgehead atoms. The third kappa shape index (κ3) is 4.11. The number of benzene rings is 1. The molecule has 0 radical (unpaired) electrons. The molecular weight excluding hydrogens is 268 g/mol. The number of ether oxygens (including phenoxy) is 2. The first-order valence-electron chi connectivity index (χ1n) is 7.53. The molecule has 5 heteroatoms. The molecule has 2 unspecified atom stereocenters. The van der Waals surface area contributed by atoms with Gasteiger partial charge >= 0.3 is 0 Å². The van der Waals surface area contributed by atoms with E-state index in [-0.39, 0.29) is 24.8 Å². The second-order valence-corrected chi connectivity index (χ2v) is 5.45. The number of hydrogen-bond donors (Lipinski definition) is 2.